The number of aromatic nitrogens is 1. The summed E-state index contributed by atoms with van der Waals surface area (Å²) in [6.45, 7) is 0.418. The zero-order chi connectivity index (χ0) is 11.7. The second-order valence-corrected chi connectivity index (χ2v) is 3.89. The molecule has 0 amide bonds. The Kier molecular flexibility index (Phi) is 2.38. The largest absolute Gasteiger partial charge is 0.460 e. The Morgan fingerprint density at radius 1 is 1.12 bits per heavy atom. The van der Waals surface area contributed by atoms with E-state index in [0.717, 1.165) is 28.0 Å². The summed E-state index contributed by atoms with van der Waals surface area (Å²) < 4.78 is 5.60. The lowest BCUT2D eigenvalue weighted by molar-refractivity contribution is 0.525. The topological polar surface area (TPSA) is 52.0 Å². The number of nitrogens with zero attached hydrogens (tertiary/aromatic N) is 1. The highest BCUT2D eigenvalue weighted by Gasteiger charge is 2.05. The van der Waals surface area contributed by atoms with Crippen molar-refractivity contribution in [3.8, 4) is 11.3 Å². The molecule has 2 N–H and O–H groups in total. The summed E-state index contributed by atoms with van der Waals surface area (Å²) in [5.41, 5.74) is 7.49. The van der Waals surface area contributed by atoms with E-state index in [-0.39, 0.29) is 0 Å². The quantitative estimate of drug-likeness (QED) is 0.728. The van der Waals surface area contributed by atoms with Crippen LogP contribution in [0.25, 0.3) is 22.2 Å². The molecule has 0 saturated heterocycles. The molecule has 0 aliphatic heterocycles. The number of benzene rings is 1. The maximum absolute atomic E-state index is 5.60. The fourth-order valence-corrected chi connectivity index (χ4v) is 1.85. The molecule has 0 aliphatic carbocycles. The molecule has 0 atom stereocenters. The van der Waals surface area contributed by atoms with Gasteiger partial charge in [-0.3, -0.25) is 4.98 Å². The van der Waals surface area contributed by atoms with Crippen molar-refractivity contribution in [2.75, 3.05) is 0 Å². The summed E-state index contributed by atoms with van der Waals surface area (Å²) in [7, 11) is 0. The van der Waals surface area contributed by atoms with Gasteiger partial charge in [0, 0.05) is 17.1 Å². The van der Waals surface area contributed by atoms with Crippen molar-refractivity contribution in [3.05, 3.63) is 54.4 Å². The van der Waals surface area contributed by atoms with Crippen LogP contribution in [-0.4, -0.2) is 4.98 Å². The lowest BCUT2D eigenvalue weighted by atomic mass is 10.1. The summed E-state index contributed by atoms with van der Waals surface area (Å²) >= 11 is 0. The van der Waals surface area contributed by atoms with Crippen molar-refractivity contribution in [2.45, 2.75) is 6.54 Å². The standard InChI is InChI=1S/C14H12N2O/c15-8-12-5-6-14(17-12)11-7-10-3-1-2-4-13(10)16-9-11/h1-7,9H,8,15H2. The van der Waals surface area contributed by atoms with Crippen LogP contribution in [0.1, 0.15) is 5.76 Å². The number of nitrogens with two attached hydrogens (primary N) is 1. The molecule has 2 heterocycles. The average molecular weight is 224 g/mol. The van der Waals surface area contributed by atoms with Crippen LogP contribution in [0.2, 0.25) is 0 Å². The molecule has 0 radical (unpaired) electrons. The van der Waals surface area contributed by atoms with Crippen LogP contribution in [0.4, 0.5) is 0 Å². The highest BCUT2D eigenvalue weighted by Crippen LogP contribution is 2.24. The lowest BCUT2D eigenvalue weighted by Crippen LogP contribution is -1.92. The smallest absolute Gasteiger partial charge is 0.135 e. The zero-order valence-electron chi connectivity index (χ0n) is 9.26. The van der Waals surface area contributed by atoms with E-state index >= 15 is 0 Å². The molecular weight excluding hydrogens is 212 g/mol. The highest BCUT2D eigenvalue weighted by molar-refractivity contribution is 5.82. The molecule has 0 unspecified atom stereocenters. The number of rotatable bonds is 2. The molecule has 3 rings (SSSR count). The molecule has 0 saturated carbocycles. The number of hydrogen-bond donors (Lipinski definition) is 1. The van der Waals surface area contributed by atoms with Crippen molar-refractivity contribution in [3.63, 3.8) is 0 Å². The summed E-state index contributed by atoms with van der Waals surface area (Å²) in [5, 5.41) is 1.11. The third kappa shape index (κ3) is 1.81. The van der Waals surface area contributed by atoms with E-state index in [1.54, 1.807) is 0 Å². The third-order valence-electron chi connectivity index (χ3n) is 2.74. The van der Waals surface area contributed by atoms with E-state index in [4.69, 9.17) is 10.2 Å². The van der Waals surface area contributed by atoms with Gasteiger partial charge in [0.2, 0.25) is 0 Å². The normalized spacial score (nSPS) is 10.9. The van der Waals surface area contributed by atoms with Gasteiger partial charge in [-0.2, -0.15) is 0 Å². The Bertz CT molecular complexity index is 658. The summed E-state index contributed by atoms with van der Waals surface area (Å²) in [6.07, 6.45) is 1.82. The van der Waals surface area contributed by atoms with Gasteiger partial charge in [-0.15, -0.1) is 0 Å². The lowest BCUT2D eigenvalue weighted by Gasteiger charge is -2.00. The predicted octanol–water partition coefficient (Wildman–Crippen LogP) is 2.95. The first-order valence-electron chi connectivity index (χ1n) is 5.51. The molecule has 17 heavy (non-hydrogen) atoms. The first-order valence-corrected chi connectivity index (χ1v) is 5.51. The van der Waals surface area contributed by atoms with Gasteiger partial charge in [-0.25, -0.2) is 0 Å². The Balaban J connectivity index is 2.11. The number of furan rings is 1. The summed E-state index contributed by atoms with van der Waals surface area (Å²) in [5.74, 6) is 1.59. The Morgan fingerprint density at radius 2 is 2.00 bits per heavy atom. The van der Waals surface area contributed by atoms with Crippen LogP contribution < -0.4 is 5.73 Å². The van der Waals surface area contributed by atoms with E-state index in [9.17, 15) is 0 Å². The predicted molar refractivity (Wildman–Crippen MR) is 67.3 cm³/mol. The SMILES string of the molecule is NCc1ccc(-c2cnc3ccccc3c2)o1. The van der Waals surface area contributed by atoms with Gasteiger partial charge in [-0.05, 0) is 24.3 Å². The number of para-hydroxylation sites is 1. The van der Waals surface area contributed by atoms with Crippen molar-refractivity contribution < 1.29 is 4.42 Å². The van der Waals surface area contributed by atoms with E-state index < -0.39 is 0 Å². The van der Waals surface area contributed by atoms with Crippen molar-refractivity contribution in [1.82, 2.24) is 4.98 Å². The van der Waals surface area contributed by atoms with E-state index in [1.165, 1.54) is 0 Å². The minimum Gasteiger partial charge on any atom is -0.460 e. The second-order valence-electron chi connectivity index (χ2n) is 3.89. The molecule has 3 nitrogen and oxygen atoms in total. The fourth-order valence-electron chi connectivity index (χ4n) is 1.85. The minimum absolute atomic E-state index is 0.418. The molecule has 3 heteroatoms. The maximum Gasteiger partial charge on any atom is 0.135 e. The minimum atomic E-state index is 0.418. The van der Waals surface area contributed by atoms with E-state index in [2.05, 4.69) is 11.1 Å². The number of fused-ring (bicyclic) bond motifs is 1. The van der Waals surface area contributed by atoms with Crippen LogP contribution in [0, 0.1) is 0 Å². The average Bonchev–Trinajstić information content (AvgIpc) is 2.87. The Morgan fingerprint density at radius 3 is 2.82 bits per heavy atom. The third-order valence-corrected chi connectivity index (χ3v) is 2.74. The summed E-state index contributed by atoms with van der Waals surface area (Å²) in [4.78, 5) is 4.40. The highest BCUT2D eigenvalue weighted by atomic mass is 16.3. The van der Waals surface area contributed by atoms with Crippen LogP contribution in [0.15, 0.2) is 53.1 Å². The molecule has 3 aromatic rings. The zero-order valence-corrected chi connectivity index (χ0v) is 9.26. The number of hydrogen-bond acceptors (Lipinski definition) is 3. The second kappa shape index (κ2) is 4.03. The van der Waals surface area contributed by atoms with Crippen molar-refractivity contribution >= 4 is 10.9 Å². The van der Waals surface area contributed by atoms with Gasteiger partial charge < -0.3 is 10.2 Å². The molecular formula is C14H12N2O. The van der Waals surface area contributed by atoms with Crippen LogP contribution in [0.5, 0.6) is 0 Å². The van der Waals surface area contributed by atoms with Gasteiger partial charge >= 0.3 is 0 Å². The molecule has 2 aromatic heterocycles. The van der Waals surface area contributed by atoms with E-state index in [1.807, 2.05) is 42.6 Å². The van der Waals surface area contributed by atoms with Crippen molar-refractivity contribution in [1.29, 1.82) is 0 Å². The van der Waals surface area contributed by atoms with Crippen LogP contribution in [-0.2, 0) is 6.54 Å². The van der Waals surface area contributed by atoms with Gasteiger partial charge in [0.15, 0.2) is 0 Å². The molecule has 0 spiro atoms. The molecule has 0 bridgehead atoms. The maximum atomic E-state index is 5.60. The first-order chi connectivity index (χ1) is 8.36. The van der Waals surface area contributed by atoms with Gasteiger partial charge in [0.05, 0.1) is 12.1 Å². The van der Waals surface area contributed by atoms with Crippen LogP contribution >= 0.6 is 0 Å². The molecule has 84 valence electrons. The van der Waals surface area contributed by atoms with Crippen molar-refractivity contribution in [2.24, 2.45) is 5.73 Å². The Hall–Kier alpha value is -2.13. The Labute approximate surface area is 98.9 Å². The molecule has 0 fully saturated rings. The molecule has 1 aromatic carbocycles. The van der Waals surface area contributed by atoms with E-state index in [0.29, 0.717) is 6.54 Å². The first kappa shape index (κ1) is 10.1. The monoisotopic (exact) mass is 224 g/mol. The van der Waals surface area contributed by atoms with Gasteiger partial charge in [0.25, 0.3) is 0 Å². The summed E-state index contributed by atoms with van der Waals surface area (Å²) in [6, 6.07) is 13.9. The fraction of sp³-hybridized carbons (Fsp3) is 0.0714. The molecule has 0 aliphatic rings. The van der Waals surface area contributed by atoms with Gasteiger partial charge in [-0.1, -0.05) is 18.2 Å². The van der Waals surface area contributed by atoms with Crippen LogP contribution in [0.3, 0.4) is 0 Å². The number of pyridine rings is 1. The van der Waals surface area contributed by atoms with Gasteiger partial charge in [0.1, 0.15) is 11.5 Å².